The van der Waals surface area contributed by atoms with Gasteiger partial charge in [0.1, 0.15) is 12.4 Å². The van der Waals surface area contributed by atoms with Gasteiger partial charge in [0, 0.05) is 5.57 Å². The second-order valence-electron chi connectivity index (χ2n) is 9.04. The number of hydrogen-bond acceptors (Lipinski definition) is 1. The zero-order valence-corrected chi connectivity index (χ0v) is 20.1. The van der Waals surface area contributed by atoms with Crippen molar-refractivity contribution in [1.82, 2.24) is 0 Å². The van der Waals surface area contributed by atoms with Crippen molar-refractivity contribution in [3.63, 3.8) is 0 Å². The molecule has 0 saturated heterocycles. The van der Waals surface area contributed by atoms with Crippen LogP contribution in [0.1, 0.15) is 5.56 Å². The molecule has 172 valence electrons. The van der Waals surface area contributed by atoms with Crippen LogP contribution in [0.5, 0.6) is 0 Å². The third-order valence-electron chi connectivity index (χ3n) is 7.11. The molecule has 1 heteroatoms. The highest BCUT2D eigenvalue weighted by atomic mass is 16.5. The fourth-order valence-electron chi connectivity index (χ4n) is 5.30. The fourth-order valence-corrected chi connectivity index (χ4v) is 5.30. The Labute approximate surface area is 211 Å². The minimum Gasteiger partial charge on any atom is -0.488 e. The smallest absolute Gasteiger partial charge is 0.126 e. The second-order valence-corrected chi connectivity index (χ2v) is 9.04. The molecule has 0 saturated carbocycles. The molecule has 0 N–H and O–H groups in total. The lowest BCUT2D eigenvalue weighted by Gasteiger charge is -2.17. The van der Waals surface area contributed by atoms with Crippen LogP contribution in [0, 0.1) is 0 Å². The van der Waals surface area contributed by atoms with E-state index in [-0.39, 0.29) is 0 Å². The molecule has 0 atom stereocenters. The van der Waals surface area contributed by atoms with E-state index in [1.54, 1.807) is 18.2 Å². The topological polar surface area (TPSA) is 9.23 Å². The van der Waals surface area contributed by atoms with Gasteiger partial charge in [0.25, 0.3) is 0 Å². The minimum atomic E-state index is 0.443. The van der Waals surface area contributed by atoms with Gasteiger partial charge in [-0.2, -0.15) is 0 Å². The Morgan fingerprint density at radius 2 is 1.25 bits per heavy atom. The van der Waals surface area contributed by atoms with Crippen molar-refractivity contribution < 1.29 is 4.74 Å². The molecule has 6 aromatic carbocycles. The maximum atomic E-state index is 6.16. The van der Waals surface area contributed by atoms with Crippen LogP contribution in [-0.2, 0) is 11.3 Å². The standard InChI is InChI=1S/C35H26O/c1-4-23(5-2)33(6-3)36-22-29-14-12-25-17-20-32-30(18-15-26-16-19-31(29)34(25)35(26)32)28-13-11-24-9-7-8-10-27(24)21-28/h4-21H,1-3,22H2. The summed E-state index contributed by atoms with van der Waals surface area (Å²) < 4.78 is 6.16. The first-order valence-electron chi connectivity index (χ1n) is 12.1. The Bertz CT molecular complexity index is 1820. The summed E-state index contributed by atoms with van der Waals surface area (Å²) in [5.74, 6) is 0.685. The highest BCUT2D eigenvalue weighted by molar-refractivity contribution is 6.26. The monoisotopic (exact) mass is 462 g/mol. The molecule has 0 unspecified atom stereocenters. The molecule has 0 aliphatic heterocycles. The minimum absolute atomic E-state index is 0.443. The molecule has 0 radical (unpaired) electrons. The number of ether oxygens (including phenoxy) is 1. The molecular weight excluding hydrogens is 436 g/mol. The highest BCUT2D eigenvalue weighted by Crippen LogP contribution is 2.40. The molecule has 0 bridgehead atoms. The largest absolute Gasteiger partial charge is 0.488 e. The van der Waals surface area contributed by atoms with Crippen molar-refractivity contribution >= 4 is 43.1 Å². The molecule has 1 nitrogen and oxygen atoms in total. The van der Waals surface area contributed by atoms with Gasteiger partial charge in [0.15, 0.2) is 0 Å². The number of rotatable bonds is 7. The summed E-state index contributed by atoms with van der Waals surface area (Å²) in [6, 6.07) is 33.1. The van der Waals surface area contributed by atoms with E-state index in [0.717, 1.165) is 11.1 Å². The zero-order chi connectivity index (χ0) is 24.6. The SMILES string of the molecule is C=CC(C=C)=C(C=C)OCc1ccc2ccc3c(-c4ccc5ccccc5c4)ccc4ccc1c2c43. The van der Waals surface area contributed by atoms with Gasteiger partial charge in [-0.05, 0) is 71.9 Å². The van der Waals surface area contributed by atoms with Gasteiger partial charge in [-0.3, -0.25) is 0 Å². The maximum absolute atomic E-state index is 6.16. The van der Waals surface area contributed by atoms with Crippen LogP contribution >= 0.6 is 0 Å². The predicted molar refractivity (Wildman–Crippen MR) is 155 cm³/mol. The zero-order valence-electron chi connectivity index (χ0n) is 20.1. The van der Waals surface area contributed by atoms with Gasteiger partial charge in [-0.25, -0.2) is 0 Å². The van der Waals surface area contributed by atoms with E-state index >= 15 is 0 Å². The van der Waals surface area contributed by atoms with Crippen molar-refractivity contribution in [2.75, 3.05) is 0 Å². The van der Waals surface area contributed by atoms with Gasteiger partial charge in [0.05, 0.1) is 0 Å². The molecule has 0 heterocycles. The molecule has 0 aliphatic rings. The van der Waals surface area contributed by atoms with Crippen molar-refractivity contribution in [2.45, 2.75) is 6.61 Å². The van der Waals surface area contributed by atoms with E-state index in [1.807, 2.05) is 0 Å². The molecule has 6 rings (SSSR count). The van der Waals surface area contributed by atoms with Gasteiger partial charge in [0.2, 0.25) is 0 Å². The van der Waals surface area contributed by atoms with Crippen molar-refractivity contribution in [1.29, 1.82) is 0 Å². The normalized spacial score (nSPS) is 11.2. The molecule has 0 amide bonds. The Hall–Kier alpha value is -4.62. The van der Waals surface area contributed by atoms with E-state index in [1.165, 1.54) is 54.2 Å². The molecule has 0 spiro atoms. The number of hydrogen-bond donors (Lipinski definition) is 0. The fraction of sp³-hybridized carbons (Fsp3) is 0.0286. The van der Waals surface area contributed by atoms with Crippen LogP contribution in [0.2, 0.25) is 0 Å². The molecular formula is C35H26O. The number of fused-ring (bicyclic) bond motifs is 1. The van der Waals surface area contributed by atoms with Crippen LogP contribution in [0.25, 0.3) is 54.2 Å². The third-order valence-corrected chi connectivity index (χ3v) is 7.11. The third kappa shape index (κ3) is 3.49. The number of benzene rings is 6. The van der Waals surface area contributed by atoms with Gasteiger partial charge < -0.3 is 4.74 Å². The predicted octanol–water partition coefficient (Wildman–Crippen LogP) is 9.73. The summed E-state index contributed by atoms with van der Waals surface area (Å²) in [5.41, 5.74) is 4.46. The summed E-state index contributed by atoms with van der Waals surface area (Å²) in [5, 5.41) is 10.1. The quantitative estimate of drug-likeness (QED) is 0.130. The summed E-state index contributed by atoms with van der Waals surface area (Å²) in [6.07, 6.45) is 5.19. The lowest BCUT2D eigenvalue weighted by atomic mass is 9.88. The van der Waals surface area contributed by atoms with E-state index in [4.69, 9.17) is 4.74 Å². The first-order chi connectivity index (χ1) is 17.7. The average Bonchev–Trinajstić information content (AvgIpc) is 2.94. The maximum Gasteiger partial charge on any atom is 0.126 e. The van der Waals surface area contributed by atoms with Crippen LogP contribution in [-0.4, -0.2) is 0 Å². The molecule has 6 aromatic rings. The highest BCUT2D eigenvalue weighted by Gasteiger charge is 2.14. The van der Waals surface area contributed by atoms with Crippen molar-refractivity contribution in [2.24, 2.45) is 0 Å². The first-order valence-corrected chi connectivity index (χ1v) is 12.1. The Morgan fingerprint density at radius 3 is 2.00 bits per heavy atom. The van der Waals surface area contributed by atoms with E-state index < -0.39 is 0 Å². The Morgan fingerprint density at radius 1 is 0.611 bits per heavy atom. The van der Waals surface area contributed by atoms with Crippen LogP contribution in [0.4, 0.5) is 0 Å². The van der Waals surface area contributed by atoms with E-state index in [2.05, 4.69) is 111 Å². The second kappa shape index (κ2) is 8.87. The van der Waals surface area contributed by atoms with Crippen molar-refractivity contribution in [3.8, 4) is 11.1 Å². The van der Waals surface area contributed by atoms with Crippen LogP contribution in [0.15, 0.2) is 140 Å². The van der Waals surface area contributed by atoms with Gasteiger partial charge >= 0.3 is 0 Å². The molecule has 0 fully saturated rings. The van der Waals surface area contributed by atoms with E-state index in [9.17, 15) is 0 Å². The summed E-state index contributed by atoms with van der Waals surface area (Å²) in [7, 11) is 0. The Kier molecular flexibility index (Phi) is 5.39. The summed E-state index contributed by atoms with van der Waals surface area (Å²) in [4.78, 5) is 0. The first kappa shape index (κ1) is 21.9. The summed E-state index contributed by atoms with van der Waals surface area (Å²) >= 11 is 0. The lowest BCUT2D eigenvalue weighted by molar-refractivity contribution is 0.211. The van der Waals surface area contributed by atoms with Gasteiger partial charge in [-0.15, -0.1) is 0 Å². The van der Waals surface area contributed by atoms with Crippen LogP contribution < -0.4 is 0 Å². The lowest BCUT2D eigenvalue weighted by Crippen LogP contribution is -1.96. The average molecular weight is 463 g/mol. The van der Waals surface area contributed by atoms with E-state index in [0.29, 0.717) is 12.4 Å². The molecule has 0 aromatic heterocycles. The molecule has 0 aliphatic carbocycles. The van der Waals surface area contributed by atoms with Gasteiger partial charge in [-0.1, -0.05) is 117 Å². The number of allylic oxidation sites excluding steroid dienone is 4. The van der Waals surface area contributed by atoms with Crippen molar-refractivity contribution in [3.05, 3.63) is 146 Å². The van der Waals surface area contributed by atoms with Crippen LogP contribution in [0.3, 0.4) is 0 Å². The Balaban J connectivity index is 1.53. The molecule has 36 heavy (non-hydrogen) atoms. The summed E-state index contributed by atoms with van der Waals surface area (Å²) in [6.45, 7) is 12.0.